The van der Waals surface area contributed by atoms with Crippen LogP contribution in [-0.2, 0) is 19.6 Å². The van der Waals surface area contributed by atoms with Gasteiger partial charge in [0, 0.05) is 6.54 Å². The van der Waals surface area contributed by atoms with E-state index in [2.05, 4.69) is 9.46 Å². The van der Waals surface area contributed by atoms with Gasteiger partial charge in [-0.1, -0.05) is 6.07 Å². The van der Waals surface area contributed by atoms with Crippen molar-refractivity contribution in [1.82, 2.24) is 4.72 Å². The quantitative estimate of drug-likeness (QED) is 0.782. The van der Waals surface area contributed by atoms with Gasteiger partial charge in [0.2, 0.25) is 10.0 Å². The maximum absolute atomic E-state index is 12.4. The second-order valence-corrected chi connectivity index (χ2v) is 6.68. The molecule has 1 aromatic rings. The van der Waals surface area contributed by atoms with E-state index >= 15 is 0 Å². The van der Waals surface area contributed by atoms with Crippen LogP contribution in [0.4, 0.5) is 0 Å². The van der Waals surface area contributed by atoms with Crippen LogP contribution in [0.3, 0.4) is 0 Å². The summed E-state index contributed by atoms with van der Waals surface area (Å²) in [5.74, 6) is -0.883. The van der Waals surface area contributed by atoms with Crippen molar-refractivity contribution in [3.05, 3.63) is 28.3 Å². The van der Waals surface area contributed by atoms with Crippen molar-refractivity contribution >= 4 is 16.0 Å². The Bertz CT molecular complexity index is 626. The Morgan fingerprint density at radius 1 is 1.24 bits per heavy atom. The molecule has 0 heterocycles. The second-order valence-electron chi connectivity index (χ2n) is 4.98. The van der Waals surface area contributed by atoms with Crippen LogP contribution in [-0.4, -0.2) is 39.3 Å². The van der Waals surface area contributed by atoms with Crippen LogP contribution in [0.2, 0.25) is 0 Å². The van der Waals surface area contributed by atoms with Crippen molar-refractivity contribution < 1.29 is 23.1 Å². The van der Waals surface area contributed by atoms with Crippen molar-refractivity contribution in [2.24, 2.45) is 0 Å². The molecule has 0 saturated heterocycles. The Morgan fingerprint density at radius 3 is 2.14 bits per heavy atom. The number of hydrogen-bond acceptors (Lipinski definition) is 5. The van der Waals surface area contributed by atoms with E-state index in [1.807, 2.05) is 19.9 Å². The molecule has 1 aromatic carbocycles. The molecule has 0 amide bonds. The predicted octanol–water partition coefficient (Wildman–Crippen LogP) is 0.732. The number of esters is 1. The molecule has 6 nitrogen and oxygen atoms in total. The third kappa shape index (κ3) is 3.81. The monoisotopic (exact) mass is 315 g/mol. The van der Waals surface area contributed by atoms with Gasteiger partial charge in [-0.15, -0.1) is 0 Å². The molecule has 0 radical (unpaired) electrons. The standard InChI is InChI=1S/C14H21NO5S/c1-8-6-9(2)11(4)13(10(8)3)21(18,19)15-7-12(16)14(17)20-5/h6,12,15-16H,7H2,1-5H3. The maximum atomic E-state index is 12.4. The zero-order valence-corrected chi connectivity index (χ0v) is 13.7. The normalized spacial score (nSPS) is 13.0. The van der Waals surface area contributed by atoms with Gasteiger partial charge in [-0.05, 0) is 49.9 Å². The molecule has 0 aliphatic carbocycles. The topological polar surface area (TPSA) is 92.7 Å². The summed E-state index contributed by atoms with van der Waals surface area (Å²) in [6.45, 7) is 6.70. The lowest BCUT2D eigenvalue weighted by Crippen LogP contribution is -2.37. The minimum absolute atomic E-state index is 0.192. The molecule has 1 atom stereocenters. The fraction of sp³-hybridized carbons (Fsp3) is 0.500. The Morgan fingerprint density at radius 2 is 1.71 bits per heavy atom. The smallest absolute Gasteiger partial charge is 0.336 e. The van der Waals surface area contributed by atoms with Gasteiger partial charge in [-0.25, -0.2) is 17.9 Å². The summed E-state index contributed by atoms with van der Waals surface area (Å²) in [5, 5.41) is 9.47. The Hall–Kier alpha value is -1.44. The number of carbonyl (C=O) groups excluding carboxylic acids is 1. The third-order valence-corrected chi connectivity index (χ3v) is 5.20. The highest BCUT2D eigenvalue weighted by atomic mass is 32.2. The lowest BCUT2D eigenvalue weighted by molar-refractivity contribution is -0.149. The van der Waals surface area contributed by atoms with Gasteiger partial charge in [0.05, 0.1) is 12.0 Å². The van der Waals surface area contributed by atoms with Crippen molar-refractivity contribution in [2.75, 3.05) is 13.7 Å². The first-order chi connectivity index (χ1) is 9.61. The first-order valence-corrected chi connectivity index (χ1v) is 7.93. The number of nitrogens with one attached hydrogen (secondary N) is 1. The predicted molar refractivity (Wildman–Crippen MR) is 78.6 cm³/mol. The van der Waals surface area contributed by atoms with Gasteiger partial charge >= 0.3 is 5.97 Å². The van der Waals surface area contributed by atoms with Crippen molar-refractivity contribution in [3.8, 4) is 0 Å². The summed E-state index contributed by atoms with van der Waals surface area (Å²) in [4.78, 5) is 11.3. The van der Waals surface area contributed by atoms with Gasteiger partial charge in [0.1, 0.15) is 0 Å². The molecule has 21 heavy (non-hydrogen) atoms. The van der Waals surface area contributed by atoms with Gasteiger partial charge in [-0.3, -0.25) is 0 Å². The zero-order valence-electron chi connectivity index (χ0n) is 12.9. The Labute approximate surface area is 125 Å². The average molecular weight is 315 g/mol. The van der Waals surface area contributed by atoms with E-state index in [1.54, 1.807) is 13.8 Å². The van der Waals surface area contributed by atoms with E-state index in [0.717, 1.165) is 18.2 Å². The van der Waals surface area contributed by atoms with Crippen molar-refractivity contribution in [2.45, 2.75) is 38.7 Å². The van der Waals surface area contributed by atoms with Crippen molar-refractivity contribution in [3.63, 3.8) is 0 Å². The highest BCUT2D eigenvalue weighted by Crippen LogP contribution is 2.25. The molecule has 1 rings (SSSR count). The first-order valence-electron chi connectivity index (χ1n) is 6.44. The highest BCUT2D eigenvalue weighted by Gasteiger charge is 2.24. The van der Waals surface area contributed by atoms with Gasteiger partial charge in [0.25, 0.3) is 0 Å². The lowest BCUT2D eigenvalue weighted by Gasteiger charge is -2.17. The lowest BCUT2D eigenvalue weighted by atomic mass is 10.0. The van der Waals surface area contributed by atoms with Crippen LogP contribution in [0.25, 0.3) is 0 Å². The minimum atomic E-state index is -3.82. The van der Waals surface area contributed by atoms with Crippen LogP contribution in [0.15, 0.2) is 11.0 Å². The summed E-state index contributed by atoms with van der Waals surface area (Å²) >= 11 is 0. The minimum Gasteiger partial charge on any atom is -0.467 e. The van der Waals surface area contributed by atoms with Gasteiger partial charge in [0.15, 0.2) is 6.10 Å². The highest BCUT2D eigenvalue weighted by molar-refractivity contribution is 7.89. The molecular formula is C14H21NO5S. The first kappa shape index (κ1) is 17.6. The number of aliphatic hydroxyl groups is 1. The number of benzene rings is 1. The summed E-state index contributed by atoms with van der Waals surface area (Å²) in [6, 6.07) is 1.92. The van der Waals surface area contributed by atoms with E-state index in [9.17, 15) is 18.3 Å². The van der Waals surface area contributed by atoms with Crippen LogP contribution in [0.1, 0.15) is 22.3 Å². The molecule has 0 aliphatic rings. The number of carbonyl (C=O) groups is 1. The third-order valence-electron chi connectivity index (χ3n) is 3.51. The van der Waals surface area contributed by atoms with Crippen molar-refractivity contribution in [1.29, 1.82) is 0 Å². The van der Waals surface area contributed by atoms with Crippen LogP contribution < -0.4 is 4.72 Å². The maximum Gasteiger partial charge on any atom is 0.336 e. The SMILES string of the molecule is COC(=O)C(O)CNS(=O)(=O)c1c(C)c(C)cc(C)c1C. The molecule has 118 valence electrons. The molecule has 1 unspecified atom stereocenters. The molecule has 0 aromatic heterocycles. The van der Waals surface area contributed by atoms with E-state index in [-0.39, 0.29) is 4.90 Å². The number of aliphatic hydroxyl groups excluding tert-OH is 1. The Balaban J connectivity index is 3.13. The number of ether oxygens (including phenoxy) is 1. The van der Waals surface area contributed by atoms with Crippen LogP contribution >= 0.6 is 0 Å². The van der Waals surface area contributed by atoms with Gasteiger partial charge < -0.3 is 9.84 Å². The summed E-state index contributed by atoms with van der Waals surface area (Å²) in [5.41, 5.74) is 3.04. The molecule has 0 saturated carbocycles. The fourth-order valence-electron chi connectivity index (χ4n) is 2.06. The van der Waals surface area contributed by atoms with Crippen LogP contribution in [0.5, 0.6) is 0 Å². The molecule has 7 heteroatoms. The molecule has 0 spiro atoms. The molecular weight excluding hydrogens is 294 g/mol. The Kier molecular flexibility index (Phi) is 5.49. The molecule has 2 N–H and O–H groups in total. The molecule has 0 bridgehead atoms. The number of rotatable bonds is 5. The van der Waals surface area contributed by atoms with E-state index in [1.165, 1.54) is 0 Å². The second kappa shape index (κ2) is 6.55. The fourth-order valence-corrected chi connectivity index (χ4v) is 3.71. The average Bonchev–Trinajstić information content (AvgIpc) is 2.41. The van der Waals surface area contributed by atoms with E-state index in [4.69, 9.17) is 0 Å². The number of sulfonamides is 1. The zero-order chi connectivity index (χ0) is 16.4. The van der Waals surface area contributed by atoms with Gasteiger partial charge in [-0.2, -0.15) is 0 Å². The molecule has 0 aliphatic heterocycles. The van der Waals surface area contributed by atoms with E-state index < -0.39 is 28.6 Å². The number of hydrogen-bond donors (Lipinski definition) is 2. The van der Waals surface area contributed by atoms with Crippen LogP contribution in [0, 0.1) is 27.7 Å². The van der Waals surface area contributed by atoms with E-state index in [0.29, 0.717) is 11.1 Å². The summed E-state index contributed by atoms with van der Waals surface area (Å²) in [6.07, 6.45) is -1.53. The number of methoxy groups -OCH3 is 1. The number of aryl methyl sites for hydroxylation is 2. The largest absolute Gasteiger partial charge is 0.467 e. The summed E-state index contributed by atoms with van der Waals surface area (Å²) < 4.78 is 31.4. The summed E-state index contributed by atoms with van der Waals surface area (Å²) in [7, 11) is -2.70. The molecule has 0 fully saturated rings.